The number of likely N-dealkylation sites (N-methyl/N-ethyl adjacent to an activating group) is 1. The van der Waals surface area contributed by atoms with Crippen LogP contribution in [0, 0.1) is 11.6 Å². The summed E-state index contributed by atoms with van der Waals surface area (Å²) in [6, 6.07) is 3.96. The van der Waals surface area contributed by atoms with Gasteiger partial charge < -0.3 is 19.9 Å². The molecule has 1 aromatic carbocycles. The maximum atomic E-state index is 13.3. The molecule has 2 saturated heterocycles. The second kappa shape index (κ2) is 8.38. The number of anilines is 1. The van der Waals surface area contributed by atoms with E-state index in [1.165, 1.54) is 29.9 Å². The van der Waals surface area contributed by atoms with Crippen molar-refractivity contribution in [2.45, 2.75) is 37.8 Å². The number of rotatable bonds is 4. The van der Waals surface area contributed by atoms with Crippen LogP contribution < -0.4 is 10.2 Å². The van der Waals surface area contributed by atoms with Gasteiger partial charge in [-0.15, -0.1) is 0 Å². The van der Waals surface area contributed by atoms with Crippen molar-refractivity contribution in [1.29, 1.82) is 0 Å². The van der Waals surface area contributed by atoms with Crippen LogP contribution in [0.25, 0.3) is 0 Å². The zero-order chi connectivity index (χ0) is 17.8. The highest BCUT2D eigenvalue weighted by Gasteiger charge is 2.29. The fourth-order valence-corrected chi connectivity index (χ4v) is 4.04. The number of likely N-dealkylation sites (tertiary alicyclic amines) is 1. The molecule has 0 saturated carbocycles. The first-order chi connectivity index (χ1) is 12.0. The number of piperidine rings is 1. The largest absolute Gasteiger partial charge is 0.372 e. The van der Waals surface area contributed by atoms with Gasteiger partial charge in [0, 0.05) is 44.3 Å². The van der Waals surface area contributed by atoms with Crippen molar-refractivity contribution in [3.8, 4) is 0 Å². The standard InChI is InChI=1S/C18H25F2N3OS/c1-22(12-17-3-2-8-24-17)16-4-6-23(7-5-16)18(25)21-15-10-13(19)9-14(20)11-15/h9-11,16-17H,2-8,12H2,1H3,(H,21,25)/p+1. The molecule has 3 rings (SSSR count). The molecule has 1 aromatic rings. The van der Waals surface area contributed by atoms with Crippen molar-refractivity contribution in [2.75, 3.05) is 38.6 Å². The number of nitrogens with zero attached hydrogens (tertiary/aromatic N) is 1. The molecule has 4 nitrogen and oxygen atoms in total. The summed E-state index contributed by atoms with van der Waals surface area (Å²) >= 11 is 5.41. The Hall–Kier alpha value is -1.31. The molecule has 2 aliphatic rings. The van der Waals surface area contributed by atoms with Gasteiger partial charge in [-0.25, -0.2) is 8.78 Å². The van der Waals surface area contributed by atoms with Crippen molar-refractivity contribution in [3.63, 3.8) is 0 Å². The molecule has 2 fully saturated rings. The van der Waals surface area contributed by atoms with Gasteiger partial charge in [0.15, 0.2) is 5.11 Å². The van der Waals surface area contributed by atoms with E-state index >= 15 is 0 Å². The summed E-state index contributed by atoms with van der Waals surface area (Å²) < 4.78 is 32.3. The molecule has 0 aromatic heterocycles. The van der Waals surface area contributed by atoms with Crippen LogP contribution in [0.3, 0.4) is 0 Å². The SMILES string of the molecule is C[NH+](CC1CCCO1)C1CCN(C(=S)Nc2cc(F)cc(F)c2)CC1. The van der Waals surface area contributed by atoms with E-state index in [0.29, 0.717) is 22.9 Å². The number of quaternary nitrogens is 1. The Bertz CT molecular complexity index is 582. The number of benzene rings is 1. The van der Waals surface area contributed by atoms with E-state index in [9.17, 15) is 8.78 Å². The van der Waals surface area contributed by atoms with E-state index in [1.807, 2.05) is 0 Å². The lowest BCUT2D eigenvalue weighted by Crippen LogP contribution is -3.14. The molecule has 0 aliphatic carbocycles. The number of nitrogens with one attached hydrogen (secondary N) is 2. The van der Waals surface area contributed by atoms with Crippen molar-refractivity contribution < 1.29 is 18.4 Å². The monoisotopic (exact) mass is 370 g/mol. The molecule has 2 unspecified atom stereocenters. The summed E-state index contributed by atoms with van der Waals surface area (Å²) in [5, 5.41) is 3.47. The van der Waals surface area contributed by atoms with E-state index in [0.717, 1.165) is 45.1 Å². The molecule has 25 heavy (non-hydrogen) atoms. The summed E-state index contributed by atoms with van der Waals surface area (Å²) in [7, 11) is 2.24. The highest BCUT2D eigenvalue weighted by Crippen LogP contribution is 2.16. The zero-order valence-corrected chi connectivity index (χ0v) is 15.4. The van der Waals surface area contributed by atoms with Gasteiger partial charge in [-0.1, -0.05) is 0 Å². The van der Waals surface area contributed by atoms with Gasteiger partial charge in [0.05, 0.1) is 13.1 Å². The third-order valence-corrected chi connectivity index (χ3v) is 5.53. The number of thiocarbonyl (C=S) groups is 1. The lowest BCUT2D eigenvalue weighted by atomic mass is 10.0. The van der Waals surface area contributed by atoms with Crippen molar-refractivity contribution >= 4 is 23.0 Å². The van der Waals surface area contributed by atoms with E-state index in [-0.39, 0.29) is 0 Å². The predicted octanol–water partition coefficient (Wildman–Crippen LogP) is 1.82. The highest BCUT2D eigenvalue weighted by molar-refractivity contribution is 7.80. The van der Waals surface area contributed by atoms with E-state index in [2.05, 4.69) is 17.3 Å². The minimum absolute atomic E-state index is 0.353. The third-order valence-electron chi connectivity index (χ3n) is 5.17. The first kappa shape index (κ1) is 18.5. The first-order valence-corrected chi connectivity index (χ1v) is 9.38. The predicted molar refractivity (Wildman–Crippen MR) is 97.9 cm³/mol. The lowest BCUT2D eigenvalue weighted by Gasteiger charge is -2.36. The van der Waals surface area contributed by atoms with Gasteiger partial charge in [-0.05, 0) is 37.2 Å². The summed E-state index contributed by atoms with van der Waals surface area (Å²) in [6.07, 6.45) is 4.87. The third kappa shape index (κ3) is 5.09. The summed E-state index contributed by atoms with van der Waals surface area (Å²) in [6.45, 7) is 3.68. The number of halogens is 2. The number of hydrogen-bond donors (Lipinski definition) is 2. The minimum atomic E-state index is -0.608. The summed E-state index contributed by atoms with van der Waals surface area (Å²) in [4.78, 5) is 3.60. The van der Waals surface area contributed by atoms with Gasteiger partial charge in [-0.3, -0.25) is 0 Å². The quantitative estimate of drug-likeness (QED) is 0.792. The number of ether oxygens (including phenoxy) is 1. The van der Waals surface area contributed by atoms with Gasteiger partial charge >= 0.3 is 0 Å². The smallest absolute Gasteiger partial charge is 0.173 e. The van der Waals surface area contributed by atoms with Crippen LogP contribution in [0.2, 0.25) is 0 Å². The van der Waals surface area contributed by atoms with E-state index in [4.69, 9.17) is 17.0 Å². The fraction of sp³-hybridized carbons (Fsp3) is 0.611. The van der Waals surface area contributed by atoms with Crippen LogP contribution in [-0.2, 0) is 4.74 Å². The molecule has 0 radical (unpaired) electrons. The molecule has 0 spiro atoms. The minimum Gasteiger partial charge on any atom is -0.372 e. The zero-order valence-electron chi connectivity index (χ0n) is 14.6. The molecular formula is C18H26F2N3OS+. The van der Waals surface area contributed by atoms with Crippen LogP contribution in [0.4, 0.5) is 14.5 Å². The molecule has 2 heterocycles. The molecule has 138 valence electrons. The number of hydrogen-bond acceptors (Lipinski definition) is 2. The Labute approximate surface area is 153 Å². The van der Waals surface area contributed by atoms with Crippen LogP contribution in [-0.4, -0.2) is 55.4 Å². The van der Waals surface area contributed by atoms with Crippen LogP contribution in [0.15, 0.2) is 18.2 Å². The van der Waals surface area contributed by atoms with Crippen LogP contribution >= 0.6 is 12.2 Å². The molecule has 2 N–H and O–H groups in total. The van der Waals surface area contributed by atoms with Gasteiger partial charge in [0.25, 0.3) is 0 Å². The summed E-state index contributed by atoms with van der Waals surface area (Å²) in [5.74, 6) is -1.22. The molecule has 2 atom stereocenters. The van der Waals surface area contributed by atoms with Crippen LogP contribution in [0.5, 0.6) is 0 Å². The lowest BCUT2D eigenvalue weighted by molar-refractivity contribution is -0.910. The average Bonchev–Trinajstić information content (AvgIpc) is 3.07. The maximum absolute atomic E-state index is 13.3. The fourth-order valence-electron chi connectivity index (χ4n) is 3.74. The van der Waals surface area contributed by atoms with Crippen LogP contribution in [0.1, 0.15) is 25.7 Å². The Kier molecular flexibility index (Phi) is 6.19. The Balaban J connectivity index is 1.47. The van der Waals surface area contributed by atoms with Gasteiger partial charge in [0.2, 0.25) is 0 Å². The average molecular weight is 370 g/mol. The first-order valence-electron chi connectivity index (χ1n) is 8.97. The molecule has 7 heteroatoms. The summed E-state index contributed by atoms with van der Waals surface area (Å²) in [5.41, 5.74) is 0.353. The Morgan fingerprint density at radius 1 is 1.24 bits per heavy atom. The molecule has 2 aliphatic heterocycles. The topological polar surface area (TPSA) is 28.9 Å². The second-order valence-corrected chi connectivity index (χ2v) is 7.42. The van der Waals surface area contributed by atoms with Gasteiger partial charge in [0.1, 0.15) is 24.3 Å². The Morgan fingerprint density at radius 2 is 1.92 bits per heavy atom. The van der Waals surface area contributed by atoms with Crippen molar-refractivity contribution in [1.82, 2.24) is 4.90 Å². The maximum Gasteiger partial charge on any atom is 0.173 e. The highest BCUT2D eigenvalue weighted by atomic mass is 32.1. The molecule has 0 amide bonds. The molecule has 0 bridgehead atoms. The Morgan fingerprint density at radius 3 is 2.52 bits per heavy atom. The second-order valence-electron chi connectivity index (χ2n) is 7.04. The normalized spacial score (nSPS) is 22.8. The van der Waals surface area contributed by atoms with Crippen molar-refractivity contribution in [2.24, 2.45) is 0 Å². The van der Waals surface area contributed by atoms with Crippen molar-refractivity contribution in [3.05, 3.63) is 29.8 Å². The van der Waals surface area contributed by atoms with Gasteiger partial charge in [-0.2, -0.15) is 0 Å². The molecular weight excluding hydrogens is 344 g/mol. The van der Waals surface area contributed by atoms with E-state index in [1.54, 1.807) is 0 Å². The van der Waals surface area contributed by atoms with E-state index < -0.39 is 11.6 Å².